The second kappa shape index (κ2) is 7.14. The van der Waals surface area contributed by atoms with Crippen LogP contribution in [0.25, 0.3) is 0 Å². The molecule has 1 aromatic carbocycles. The number of amides is 1. The number of nitrogens with one attached hydrogen (secondary N) is 1. The topological polar surface area (TPSA) is 49.4 Å². The largest absolute Gasteiger partial charge is 0.351 e. The van der Waals surface area contributed by atoms with Gasteiger partial charge in [0.05, 0.1) is 12.6 Å². The van der Waals surface area contributed by atoms with Crippen LogP contribution in [0.2, 0.25) is 0 Å². The molecule has 5 heteroatoms. The fourth-order valence-electron chi connectivity index (χ4n) is 2.44. The lowest BCUT2D eigenvalue weighted by molar-refractivity contribution is -0.124. The molecule has 1 aromatic rings. The molecule has 1 fully saturated rings. The Balaban J connectivity index is 1.83. The van der Waals surface area contributed by atoms with Crippen molar-refractivity contribution < 1.29 is 14.0 Å². The minimum Gasteiger partial charge on any atom is -0.351 e. The molecule has 0 bridgehead atoms. The van der Waals surface area contributed by atoms with Crippen molar-refractivity contribution in [2.75, 3.05) is 13.1 Å². The summed E-state index contributed by atoms with van der Waals surface area (Å²) in [6, 6.07) is 6.20. The lowest BCUT2D eigenvalue weighted by atomic mass is 10.0. The van der Waals surface area contributed by atoms with Gasteiger partial charge in [0.1, 0.15) is 12.1 Å². The van der Waals surface area contributed by atoms with E-state index in [-0.39, 0.29) is 30.9 Å². The molecule has 1 amide bonds. The van der Waals surface area contributed by atoms with Crippen LogP contribution >= 0.6 is 0 Å². The summed E-state index contributed by atoms with van der Waals surface area (Å²) in [5.41, 5.74) is 0.464. The summed E-state index contributed by atoms with van der Waals surface area (Å²) < 4.78 is 13.4. The van der Waals surface area contributed by atoms with E-state index in [9.17, 15) is 14.0 Å². The van der Waals surface area contributed by atoms with E-state index in [4.69, 9.17) is 0 Å². The van der Waals surface area contributed by atoms with Gasteiger partial charge < -0.3 is 10.1 Å². The Morgan fingerprint density at radius 3 is 2.95 bits per heavy atom. The Labute approximate surface area is 118 Å². The van der Waals surface area contributed by atoms with Crippen molar-refractivity contribution in [3.63, 3.8) is 0 Å². The molecule has 20 heavy (non-hydrogen) atoms. The zero-order valence-corrected chi connectivity index (χ0v) is 11.3. The predicted octanol–water partition coefficient (Wildman–Crippen LogP) is 1.50. The van der Waals surface area contributed by atoms with Crippen molar-refractivity contribution in [3.8, 4) is 0 Å². The van der Waals surface area contributed by atoms with E-state index in [1.54, 1.807) is 18.2 Å². The van der Waals surface area contributed by atoms with E-state index < -0.39 is 0 Å². The van der Waals surface area contributed by atoms with Gasteiger partial charge in [-0.1, -0.05) is 24.6 Å². The van der Waals surface area contributed by atoms with Gasteiger partial charge in [-0.3, -0.25) is 9.69 Å². The molecule has 1 N–H and O–H groups in total. The molecule has 1 heterocycles. The molecule has 4 nitrogen and oxygen atoms in total. The van der Waals surface area contributed by atoms with Gasteiger partial charge in [-0.05, 0) is 25.5 Å². The third kappa shape index (κ3) is 3.87. The SMILES string of the molecule is O=CC1CCCCN1CC(=O)NCc1ccccc1F. The number of benzene rings is 1. The van der Waals surface area contributed by atoms with Gasteiger partial charge in [-0.2, -0.15) is 0 Å². The van der Waals surface area contributed by atoms with Crippen LogP contribution in [0.1, 0.15) is 24.8 Å². The van der Waals surface area contributed by atoms with Crippen molar-refractivity contribution >= 4 is 12.2 Å². The average molecular weight is 278 g/mol. The summed E-state index contributed by atoms with van der Waals surface area (Å²) in [7, 11) is 0. The Morgan fingerprint density at radius 2 is 2.20 bits per heavy atom. The molecule has 1 aliphatic rings. The van der Waals surface area contributed by atoms with Crippen LogP contribution in [0.3, 0.4) is 0 Å². The van der Waals surface area contributed by atoms with E-state index in [0.29, 0.717) is 5.56 Å². The highest BCUT2D eigenvalue weighted by Crippen LogP contribution is 2.14. The Morgan fingerprint density at radius 1 is 1.40 bits per heavy atom. The molecule has 0 spiro atoms. The Kier molecular flexibility index (Phi) is 5.24. The van der Waals surface area contributed by atoms with Crippen LogP contribution in [-0.4, -0.2) is 36.2 Å². The van der Waals surface area contributed by atoms with Crippen LogP contribution < -0.4 is 5.32 Å². The molecule has 1 atom stereocenters. The molecule has 0 radical (unpaired) electrons. The maximum atomic E-state index is 13.4. The molecule has 1 aliphatic heterocycles. The standard InChI is InChI=1S/C15H19FN2O2/c16-14-7-2-1-5-12(14)9-17-15(20)10-18-8-4-3-6-13(18)11-19/h1-2,5,7,11,13H,3-4,6,8-10H2,(H,17,20). The normalized spacial score (nSPS) is 19.6. The van der Waals surface area contributed by atoms with E-state index in [0.717, 1.165) is 32.1 Å². The molecule has 0 aromatic heterocycles. The van der Waals surface area contributed by atoms with E-state index in [1.807, 2.05) is 4.90 Å². The number of rotatable bonds is 5. The minimum absolute atomic E-state index is 0.164. The van der Waals surface area contributed by atoms with Gasteiger partial charge in [0.25, 0.3) is 0 Å². The number of carbonyl (C=O) groups excluding carboxylic acids is 2. The van der Waals surface area contributed by atoms with Crippen molar-refractivity contribution in [1.29, 1.82) is 0 Å². The van der Waals surface area contributed by atoms with Crippen molar-refractivity contribution in [1.82, 2.24) is 10.2 Å². The van der Waals surface area contributed by atoms with Crippen molar-refractivity contribution in [2.45, 2.75) is 31.8 Å². The average Bonchev–Trinajstić information content (AvgIpc) is 2.47. The summed E-state index contributed by atoms with van der Waals surface area (Å²) in [6.07, 6.45) is 3.75. The number of hydrogen-bond acceptors (Lipinski definition) is 3. The molecule has 1 saturated heterocycles. The summed E-state index contributed by atoms with van der Waals surface area (Å²) in [6.45, 7) is 1.12. The van der Waals surface area contributed by atoms with Gasteiger partial charge in [-0.25, -0.2) is 4.39 Å². The summed E-state index contributed by atoms with van der Waals surface area (Å²) in [5, 5.41) is 2.70. The predicted molar refractivity (Wildman–Crippen MR) is 73.5 cm³/mol. The second-order valence-electron chi connectivity index (χ2n) is 5.04. The van der Waals surface area contributed by atoms with Crippen LogP contribution in [0.4, 0.5) is 4.39 Å². The summed E-state index contributed by atoms with van der Waals surface area (Å²) in [4.78, 5) is 24.7. The molecular weight excluding hydrogens is 259 g/mol. The first-order valence-corrected chi connectivity index (χ1v) is 6.90. The molecule has 108 valence electrons. The van der Waals surface area contributed by atoms with E-state index in [1.165, 1.54) is 6.07 Å². The number of likely N-dealkylation sites (tertiary alicyclic amines) is 1. The van der Waals surface area contributed by atoms with Gasteiger partial charge >= 0.3 is 0 Å². The van der Waals surface area contributed by atoms with Crippen LogP contribution in [0, 0.1) is 5.82 Å². The van der Waals surface area contributed by atoms with E-state index in [2.05, 4.69) is 5.32 Å². The number of halogens is 1. The number of piperidine rings is 1. The van der Waals surface area contributed by atoms with Gasteiger partial charge in [0, 0.05) is 12.1 Å². The fraction of sp³-hybridized carbons (Fsp3) is 0.467. The molecule has 0 aliphatic carbocycles. The summed E-state index contributed by atoms with van der Waals surface area (Å²) >= 11 is 0. The fourth-order valence-corrected chi connectivity index (χ4v) is 2.44. The molecule has 2 rings (SSSR count). The smallest absolute Gasteiger partial charge is 0.234 e. The van der Waals surface area contributed by atoms with Crippen LogP contribution in [-0.2, 0) is 16.1 Å². The second-order valence-corrected chi connectivity index (χ2v) is 5.04. The Hall–Kier alpha value is -1.75. The summed E-state index contributed by atoms with van der Waals surface area (Å²) in [5.74, 6) is -0.501. The van der Waals surface area contributed by atoms with Crippen molar-refractivity contribution in [2.24, 2.45) is 0 Å². The molecule has 0 saturated carbocycles. The minimum atomic E-state index is -0.323. The van der Waals surface area contributed by atoms with Gasteiger partial charge in [0.15, 0.2) is 0 Å². The quantitative estimate of drug-likeness (QED) is 0.830. The van der Waals surface area contributed by atoms with Crippen LogP contribution in [0.15, 0.2) is 24.3 Å². The first-order valence-electron chi connectivity index (χ1n) is 6.90. The highest BCUT2D eigenvalue weighted by atomic mass is 19.1. The number of aldehydes is 1. The zero-order valence-electron chi connectivity index (χ0n) is 11.3. The zero-order chi connectivity index (χ0) is 14.4. The number of carbonyl (C=O) groups is 2. The van der Waals surface area contributed by atoms with Crippen molar-refractivity contribution in [3.05, 3.63) is 35.6 Å². The Bertz CT molecular complexity index is 479. The first kappa shape index (κ1) is 14.7. The molecule has 1 unspecified atom stereocenters. The highest BCUT2D eigenvalue weighted by molar-refractivity contribution is 5.78. The number of hydrogen-bond donors (Lipinski definition) is 1. The molecular formula is C15H19FN2O2. The lowest BCUT2D eigenvalue weighted by Crippen LogP contribution is -2.46. The monoisotopic (exact) mass is 278 g/mol. The van der Waals surface area contributed by atoms with Crippen LogP contribution in [0.5, 0.6) is 0 Å². The number of nitrogens with zero attached hydrogens (tertiary/aromatic N) is 1. The maximum Gasteiger partial charge on any atom is 0.234 e. The van der Waals surface area contributed by atoms with Gasteiger partial charge in [0.2, 0.25) is 5.91 Å². The first-order chi connectivity index (χ1) is 9.70. The lowest BCUT2D eigenvalue weighted by Gasteiger charge is -2.31. The third-order valence-electron chi connectivity index (χ3n) is 3.60. The van der Waals surface area contributed by atoms with E-state index >= 15 is 0 Å². The third-order valence-corrected chi connectivity index (χ3v) is 3.60. The highest BCUT2D eigenvalue weighted by Gasteiger charge is 2.23. The van der Waals surface area contributed by atoms with Gasteiger partial charge in [-0.15, -0.1) is 0 Å². The maximum absolute atomic E-state index is 13.4.